The molecule has 0 radical (unpaired) electrons. The van der Waals surface area contributed by atoms with E-state index < -0.39 is 0 Å². The normalized spacial score (nSPS) is 17.0. The Morgan fingerprint density at radius 2 is 1.63 bits per heavy atom. The summed E-state index contributed by atoms with van der Waals surface area (Å²) in [4.78, 5) is 33.5. The number of likely N-dealkylation sites (N-methyl/N-ethyl adjacent to an activating group) is 1. The number of carbonyl (C=O) groups is 2. The van der Waals surface area contributed by atoms with E-state index in [1.807, 2.05) is 25.2 Å². The average Bonchev–Trinajstić information content (AvgIpc) is 2.94. The number of amides is 2. The van der Waals surface area contributed by atoms with E-state index in [1.54, 1.807) is 34.2 Å². The molecule has 2 aromatic carbocycles. The molecule has 3 aromatic rings. The van der Waals surface area contributed by atoms with Gasteiger partial charge in [0.15, 0.2) is 0 Å². The van der Waals surface area contributed by atoms with Crippen LogP contribution in [0.4, 0.5) is 0 Å². The summed E-state index contributed by atoms with van der Waals surface area (Å²) in [6, 6.07) is 23.9. The lowest BCUT2D eigenvalue weighted by Crippen LogP contribution is -2.37. The Kier molecular flexibility index (Phi) is 5.89. The van der Waals surface area contributed by atoms with Gasteiger partial charge < -0.3 is 9.80 Å². The van der Waals surface area contributed by atoms with Crippen LogP contribution in [0.2, 0.25) is 0 Å². The summed E-state index contributed by atoms with van der Waals surface area (Å²) in [5.74, 6) is -0.311. The second-order valence-electron chi connectivity index (χ2n) is 7.69. The number of rotatable bonds is 4. The zero-order chi connectivity index (χ0) is 20.9. The molecule has 0 N–H and O–H groups in total. The van der Waals surface area contributed by atoms with Crippen molar-refractivity contribution in [1.82, 2.24) is 14.8 Å². The molecule has 1 aliphatic heterocycles. The van der Waals surface area contributed by atoms with Gasteiger partial charge in [0, 0.05) is 32.9 Å². The Labute approximate surface area is 177 Å². The summed E-state index contributed by atoms with van der Waals surface area (Å²) < 4.78 is 0. The number of aromatic nitrogens is 1. The molecule has 1 fully saturated rings. The van der Waals surface area contributed by atoms with Crippen LogP contribution in [0.1, 0.15) is 16.1 Å². The van der Waals surface area contributed by atoms with E-state index in [0.717, 1.165) is 11.1 Å². The van der Waals surface area contributed by atoms with Gasteiger partial charge in [-0.2, -0.15) is 0 Å². The molecule has 0 aliphatic carbocycles. The van der Waals surface area contributed by atoms with Crippen LogP contribution in [0.15, 0.2) is 79.0 Å². The maximum atomic E-state index is 12.9. The largest absolute Gasteiger partial charge is 0.344 e. The van der Waals surface area contributed by atoms with Crippen LogP contribution in [-0.4, -0.2) is 53.3 Å². The Morgan fingerprint density at radius 3 is 2.33 bits per heavy atom. The molecule has 30 heavy (non-hydrogen) atoms. The molecule has 5 nitrogen and oxygen atoms in total. The van der Waals surface area contributed by atoms with E-state index in [0.29, 0.717) is 31.7 Å². The second-order valence-corrected chi connectivity index (χ2v) is 7.69. The molecule has 0 saturated carbocycles. The summed E-state index contributed by atoms with van der Waals surface area (Å²) in [5, 5.41) is 0. The van der Waals surface area contributed by atoms with Crippen LogP contribution in [0, 0.1) is 5.92 Å². The SMILES string of the molecule is CN1CCN(C(=O)c2ccccn2)C[C@@H](Cc2ccc(-c3ccccc3)cc2)C1=O. The first-order valence-electron chi connectivity index (χ1n) is 10.2. The lowest BCUT2D eigenvalue weighted by Gasteiger charge is -2.23. The molecule has 5 heteroatoms. The quantitative estimate of drug-likeness (QED) is 0.675. The molecule has 2 amide bonds. The monoisotopic (exact) mass is 399 g/mol. The maximum Gasteiger partial charge on any atom is 0.272 e. The van der Waals surface area contributed by atoms with Gasteiger partial charge in [-0.1, -0.05) is 60.7 Å². The molecule has 152 valence electrons. The predicted molar refractivity (Wildman–Crippen MR) is 117 cm³/mol. The topological polar surface area (TPSA) is 53.5 Å². The first-order chi connectivity index (χ1) is 14.6. The van der Waals surface area contributed by atoms with E-state index in [4.69, 9.17) is 0 Å². The van der Waals surface area contributed by atoms with Gasteiger partial charge in [-0.15, -0.1) is 0 Å². The fourth-order valence-electron chi connectivity index (χ4n) is 3.86. The zero-order valence-electron chi connectivity index (χ0n) is 17.1. The van der Waals surface area contributed by atoms with Gasteiger partial charge in [-0.25, -0.2) is 0 Å². The van der Waals surface area contributed by atoms with Crippen molar-refractivity contribution in [3.05, 3.63) is 90.3 Å². The lowest BCUT2D eigenvalue weighted by atomic mass is 9.95. The summed E-state index contributed by atoms with van der Waals surface area (Å²) >= 11 is 0. The third-order valence-corrected chi connectivity index (χ3v) is 5.59. The van der Waals surface area contributed by atoms with Crippen molar-refractivity contribution in [2.45, 2.75) is 6.42 Å². The van der Waals surface area contributed by atoms with Crippen LogP contribution in [0.3, 0.4) is 0 Å². The van der Waals surface area contributed by atoms with Crippen molar-refractivity contribution in [3.63, 3.8) is 0 Å². The minimum absolute atomic E-state index is 0.0819. The second kappa shape index (κ2) is 8.91. The fraction of sp³-hybridized carbons (Fsp3) is 0.240. The highest BCUT2D eigenvalue weighted by atomic mass is 16.2. The molecule has 1 atom stereocenters. The van der Waals surface area contributed by atoms with Crippen molar-refractivity contribution < 1.29 is 9.59 Å². The molecular formula is C25H25N3O2. The van der Waals surface area contributed by atoms with Crippen molar-refractivity contribution in [2.75, 3.05) is 26.7 Å². The van der Waals surface area contributed by atoms with Gasteiger partial charge in [0.05, 0.1) is 5.92 Å². The standard InChI is InChI=1S/C25H25N3O2/c1-27-15-16-28(25(30)23-9-5-6-14-26-23)18-22(24(27)29)17-19-10-12-21(13-11-19)20-7-3-2-4-8-20/h2-14,22H,15-18H2,1H3/t22-/m1/s1. The van der Waals surface area contributed by atoms with E-state index in [9.17, 15) is 9.59 Å². The van der Waals surface area contributed by atoms with E-state index in [1.165, 1.54) is 5.56 Å². The molecule has 2 heterocycles. The van der Waals surface area contributed by atoms with Crippen molar-refractivity contribution in [2.24, 2.45) is 5.92 Å². The molecule has 1 aliphatic rings. The van der Waals surface area contributed by atoms with Crippen molar-refractivity contribution >= 4 is 11.8 Å². The summed E-state index contributed by atoms with van der Waals surface area (Å²) in [7, 11) is 1.81. The number of hydrogen-bond donors (Lipinski definition) is 0. The maximum absolute atomic E-state index is 12.9. The van der Waals surface area contributed by atoms with Crippen molar-refractivity contribution in [3.8, 4) is 11.1 Å². The highest BCUT2D eigenvalue weighted by molar-refractivity contribution is 5.93. The van der Waals surface area contributed by atoms with Gasteiger partial charge in [-0.05, 0) is 35.2 Å². The molecule has 0 bridgehead atoms. The first-order valence-corrected chi connectivity index (χ1v) is 10.2. The summed E-state index contributed by atoms with van der Waals surface area (Å²) in [5.41, 5.74) is 3.83. The number of pyridine rings is 1. The van der Waals surface area contributed by atoms with Crippen LogP contribution in [-0.2, 0) is 11.2 Å². The number of carbonyl (C=O) groups excluding carboxylic acids is 2. The van der Waals surface area contributed by atoms with Gasteiger partial charge in [-0.3, -0.25) is 14.6 Å². The Balaban J connectivity index is 1.51. The minimum Gasteiger partial charge on any atom is -0.344 e. The lowest BCUT2D eigenvalue weighted by molar-refractivity contribution is -0.133. The van der Waals surface area contributed by atoms with Gasteiger partial charge >= 0.3 is 0 Å². The Bertz CT molecular complexity index is 1000. The van der Waals surface area contributed by atoms with E-state index >= 15 is 0 Å². The molecular weight excluding hydrogens is 374 g/mol. The number of nitrogens with zero attached hydrogens (tertiary/aromatic N) is 3. The third kappa shape index (κ3) is 4.40. The highest BCUT2D eigenvalue weighted by Crippen LogP contribution is 2.22. The number of hydrogen-bond acceptors (Lipinski definition) is 3. The number of benzene rings is 2. The molecule has 1 aromatic heterocycles. The third-order valence-electron chi connectivity index (χ3n) is 5.59. The Morgan fingerprint density at radius 1 is 0.933 bits per heavy atom. The van der Waals surface area contributed by atoms with Crippen LogP contribution in [0.5, 0.6) is 0 Å². The van der Waals surface area contributed by atoms with E-state index in [-0.39, 0.29) is 17.7 Å². The minimum atomic E-state index is -0.271. The van der Waals surface area contributed by atoms with E-state index in [2.05, 4.69) is 41.4 Å². The average molecular weight is 399 g/mol. The van der Waals surface area contributed by atoms with Crippen LogP contribution in [0.25, 0.3) is 11.1 Å². The van der Waals surface area contributed by atoms with Gasteiger partial charge in [0.2, 0.25) is 5.91 Å². The van der Waals surface area contributed by atoms with Gasteiger partial charge in [0.25, 0.3) is 5.91 Å². The molecule has 0 spiro atoms. The summed E-state index contributed by atoms with van der Waals surface area (Å²) in [6.07, 6.45) is 2.22. The molecule has 1 saturated heterocycles. The Hall–Kier alpha value is -3.47. The van der Waals surface area contributed by atoms with Crippen molar-refractivity contribution in [1.29, 1.82) is 0 Å². The summed E-state index contributed by atoms with van der Waals surface area (Å²) in [6.45, 7) is 1.45. The predicted octanol–water partition coefficient (Wildman–Crippen LogP) is 3.52. The fourth-order valence-corrected chi connectivity index (χ4v) is 3.86. The highest BCUT2D eigenvalue weighted by Gasteiger charge is 2.31. The molecule has 0 unspecified atom stereocenters. The molecule has 4 rings (SSSR count). The zero-order valence-corrected chi connectivity index (χ0v) is 17.1. The smallest absolute Gasteiger partial charge is 0.272 e. The van der Waals surface area contributed by atoms with Gasteiger partial charge in [0.1, 0.15) is 5.69 Å². The first kappa shape index (κ1) is 19.8. The van der Waals surface area contributed by atoms with Crippen LogP contribution < -0.4 is 0 Å². The van der Waals surface area contributed by atoms with Crippen LogP contribution >= 0.6 is 0 Å².